The van der Waals surface area contributed by atoms with Crippen LogP contribution in [-0.2, 0) is 6.42 Å². The molecular formula is C19H28N2O3. The minimum atomic E-state index is -0.534. The number of hydrogen-bond acceptors (Lipinski definition) is 3. The van der Waals surface area contributed by atoms with E-state index in [1.165, 1.54) is 0 Å². The number of nitrogens with one attached hydrogen (secondary N) is 1. The summed E-state index contributed by atoms with van der Waals surface area (Å²) in [5.41, 5.74) is 0.626. The molecule has 3 N–H and O–H groups in total. The Bertz CT molecular complexity index is 560. The maximum atomic E-state index is 12.3. The lowest BCUT2D eigenvalue weighted by Gasteiger charge is -2.47. The van der Waals surface area contributed by atoms with Gasteiger partial charge in [-0.3, -0.25) is 0 Å². The molecule has 5 nitrogen and oxygen atoms in total. The van der Waals surface area contributed by atoms with E-state index >= 15 is 0 Å². The number of aromatic hydroxyl groups is 1. The van der Waals surface area contributed by atoms with Gasteiger partial charge in [-0.1, -0.05) is 25.0 Å². The summed E-state index contributed by atoms with van der Waals surface area (Å²) in [6.07, 6.45) is 6.64. The first-order valence-corrected chi connectivity index (χ1v) is 9.10. The Morgan fingerprint density at radius 2 is 2.04 bits per heavy atom. The van der Waals surface area contributed by atoms with Gasteiger partial charge in [0.15, 0.2) is 0 Å². The number of carbonyl (C=O) groups is 1. The van der Waals surface area contributed by atoms with E-state index in [1.807, 2.05) is 17.0 Å². The lowest BCUT2D eigenvalue weighted by molar-refractivity contribution is -0.0870. The van der Waals surface area contributed by atoms with Crippen molar-refractivity contribution < 1.29 is 15.0 Å². The number of likely N-dealkylation sites (tertiary alicyclic amines) is 1. The van der Waals surface area contributed by atoms with E-state index in [2.05, 4.69) is 5.32 Å². The van der Waals surface area contributed by atoms with Crippen LogP contribution in [0, 0.1) is 5.92 Å². The van der Waals surface area contributed by atoms with Crippen LogP contribution in [0.25, 0.3) is 0 Å². The van der Waals surface area contributed by atoms with E-state index in [-0.39, 0.29) is 17.7 Å². The van der Waals surface area contributed by atoms with Crippen LogP contribution < -0.4 is 5.32 Å². The van der Waals surface area contributed by atoms with Gasteiger partial charge >= 0.3 is 6.03 Å². The highest BCUT2D eigenvalue weighted by Gasteiger charge is 2.43. The number of hydrogen-bond donors (Lipinski definition) is 3. The molecule has 0 bridgehead atoms. The molecule has 0 spiro atoms. The number of piperidine rings is 1. The van der Waals surface area contributed by atoms with Gasteiger partial charge in [0.2, 0.25) is 0 Å². The highest BCUT2D eigenvalue weighted by molar-refractivity contribution is 5.74. The quantitative estimate of drug-likeness (QED) is 0.742. The van der Waals surface area contributed by atoms with E-state index in [4.69, 9.17) is 0 Å². The van der Waals surface area contributed by atoms with E-state index < -0.39 is 5.60 Å². The third-order valence-electron chi connectivity index (χ3n) is 5.57. The zero-order chi connectivity index (χ0) is 17.0. The van der Waals surface area contributed by atoms with Gasteiger partial charge in [-0.2, -0.15) is 0 Å². The molecule has 0 aromatic heterocycles. The third kappa shape index (κ3) is 4.01. The van der Waals surface area contributed by atoms with Crippen molar-refractivity contribution in [2.75, 3.05) is 19.6 Å². The third-order valence-corrected chi connectivity index (χ3v) is 5.57. The van der Waals surface area contributed by atoms with Crippen LogP contribution in [0.4, 0.5) is 4.79 Å². The fraction of sp³-hybridized carbons (Fsp3) is 0.632. The second-order valence-electron chi connectivity index (χ2n) is 7.24. The molecule has 132 valence electrons. The van der Waals surface area contributed by atoms with E-state index in [0.29, 0.717) is 26.1 Å². The Hall–Kier alpha value is -1.75. The molecule has 2 fully saturated rings. The van der Waals surface area contributed by atoms with Crippen LogP contribution in [0.1, 0.15) is 44.1 Å². The lowest BCUT2D eigenvalue weighted by Crippen LogP contribution is -2.56. The number of phenolic OH excluding ortho intramolecular Hbond substituents is 1. The molecule has 1 aliphatic carbocycles. The summed E-state index contributed by atoms with van der Waals surface area (Å²) in [6, 6.07) is 7.19. The van der Waals surface area contributed by atoms with Crippen LogP contribution in [0.2, 0.25) is 0 Å². The van der Waals surface area contributed by atoms with Crippen molar-refractivity contribution in [2.24, 2.45) is 5.92 Å². The number of aryl methyl sites for hydroxylation is 1. The first-order valence-electron chi connectivity index (χ1n) is 9.10. The Labute approximate surface area is 143 Å². The number of urea groups is 1. The number of fused-ring (bicyclic) bond motifs is 1. The SMILES string of the molecule is O=C(NCCCc1ccc(O)cc1)N1CC[C@@]2(O)CCCC[C@@H]2C1. The zero-order valence-electron chi connectivity index (χ0n) is 14.2. The number of phenols is 1. The average Bonchev–Trinajstić information content (AvgIpc) is 2.59. The molecule has 1 aromatic carbocycles. The second-order valence-corrected chi connectivity index (χ2v) is 7.24. The molecule has 3 rings (SSSR count). The number of aliphatic hydroxyl groups is 1. The van der Waals surface area contributed by atoms with Gasteiger partial charge in [0, 0.05) is 25.6 Å². The molecule has 2 aliphatic rings. The lowest BCUT2D eigenvalue weighted by atomic mass is 9.71. The van der Waals surface area contributed by atoms with Crippen LogP contribution in [0.5, 0.6) is 5.75 Å². The van der Waals surface area contributed by atoms with Gasteiger partial charge < -0.3 is 20.4 Å². The largest absolute Gasteiger partial charge is 0.508 e. The Kier molecular flexibility index (Phi) is 5.29. The molecule has 1 heterocycles. The molecule has 1 aliphatic heterocycles. The maximum absolute atomic E-state index is 12.3. The van der Waals surface area contributed by atoms with E-state index in [0.717, 1.165) is 44.1 Å². The number of amides is 2. The predicted molar refractivity (Wildman–Crippen MR) is 92.9 cm³/mol. The number of carbonyl (C=O) groups excluding carboxylic acids is 1. The molecule has 2 amide bonds. The summed E-state index contributed by atoms with van der Waals surface area (Å²) < 4.78 is 0. The summed E-state index contributed by atoms with van der Waals surface area (Å²) in [5, 5.41) is 22.9. The van der Waals surface area contributed by atoms with Gasteiger partial charge in [0.25, 0.3) is 0 Å². The van der Waals surface area contributed by atoms with E-state index in [1.54, 1.807) is 12.1 Å². The molecule has 5 heteroatoms. The first kappa shape index (κ1) is 17.1. The van der Waals surface area contributed by atoms with Gasteiger partial charge in [-0.25, -0.2) is 4.79 Å². The minimum absolute atomic E-state index is 0.00618. The average molecular weight is 332 g/mol. The number of nitrogens with zero attached hydrogens (tertiary/aromatic N) is 1. The normalized spacial score (nSPS) is 26.7. The van der Waals surface area contributed by atoms with Crippen molar-refractivity contribution >= 4 is 6.03 Å². The Balaban J connectivity index is 1.40. The van der Waals surface area contributed by atoms with Gasteiger partial charge in [-0.15, -0.1) is 0 Å². The summed E-state index contributed by atoms with van der Waals surface area (Å²) in [4.78, 5) is 14.2. The van der Waals surface area contributed by atoms with Gasteiger partial charge in [-0.05, 0) is 49.8 Å². The summed E-state index contributed by atoms with van der Waals surface area (Å²) >= 11 is 0. The van der Waals surface area contributed by atoms with E-state index in [9.17, 15) is 15.0 Å². The minimum Gasteiger partial charge on any atom is -0.508 e. The zero-order valence-corrected chi connectivity index (χ0v) is 14.2. The summed E-state index contributed by atoms with van der Waals surface area (Å²) in [6.45, 7) is 1.97. The smallest absolute Gasteiger partial charge is 0.317 e. The molecule has 1 aromatic rings. The molecule has 0 radical (unpaired) electrons. The predicted octanol–water partition coefficient (Wildman–Crippen LogP) is 2.66. The molecular weight excluding hydrogens is 304 g/mol. The van der Waals surface area contributed by atoms with Crippen molar-refractivity contribution in [3.8, 4) is 5.75 Å². The molecule has 2 atom stereocenters. The highest BCUT2D eigenvalue weighted by atomic mass is 16.3. The molecule has 0 unspecified atom stereocenters. The first-order chi connectivity index (χ1) is 11.6. The van der Waals surface area contributed by atoms with Crippen LogP contribution in [0.3, 0.4) is 0 Å². The standard InChI is InChI=1S/C19H28N2O3/c22-17-8-6-15(7-9-17)4-3-12-20-18(23)21-13-11-19(24)10-2-1-5-16(19)14-21/h6-9,16,22,24H,1-5,10-14H2,(H,20,23)/t16-,19+/m1/s1. The summed E-state index contributed by atoms with van der Waals surface area (Å²) in [7, 11) is 0. The Morgan fingerprint density at radius 1 is 1.25 bits per heavy atom. The highest BCUT2D eigenvalue weighted by Crippen LogP contribution is 2.39. The van der Waals surface area contributed by atoms with Crippen LogP contribution >= 0.6 is 0 Å². The second kappa shape index (κ2) is 7.43. The fourth-order valence-electron chi connectivity index (χ4n) is 4.02. The van der Waals surface area contributed by atoms with Crippen LogP contribution in [0.15, 0.2) is 24.3 Å². The molecule has 1 saturated carbocycles. The van der Waals surface area contributed by atoms with Crippen LogP contribution in [-0.4, -0.2) is 46.4 Å². The summed E-state index contributed by atoms with van der Waals surface area (Å²) in [5.74, 6) is 0.516. The molecule has 24 heavy (non-hydrogen) atoms. The fourth-order valence-corrected chi connectivity index (χ4v) is 4.02. The number of rotatable bonds is 4. The van der Waals surface area contributed by atoms with Crippen molar-refractivity contribution in [3.63, 3.8) is 0 Å². The van der Waals surface area contributed by atoms with Crippen molar-refractivity contribution in [2.45, 2.75) is 50.5 Å². The topological polar surface area (TPSA) is 72.8 Å². The number of benzene rings is 1. The van der Waals surface area contributed by atoms with Crippen molar-refractivity contribution in [3.05, 3.63) is 29.8 Å². The van der Waals surface area contributed by atoms with Gasteiger partial charge in [0.05, 0.1) is 5.60 Å². The van der Waals surface area contributed by atoms with Gasteiger partial charge in [0.1, 0.15) is 5.75 Å². The van der Waals surface area contributed by atoms with Crippen molar-refractivity contribution in [1.82, 2.24) is 10.2 Å². The molecule has 1 saturated heterocycles. The Morgan fingerprint density at radius 3 is 2.83 bits per heavy atom. The van der Waals surface area contributed by atoms with Crippen molar-refractivity contribution in [1.29, 1.82) is 0 Å². The monoisotopic (exact) mass is 332 g/mol. The maximum Gasteiger partial charge on any atom is 0.317 e.